The van der Waals surface area contributed by atoms with Gasteiger partial charge in [0.25, 0.3) is 17.7 Å². The SMILES string of the molecule is Nc1nc(C(=NO)C(=O)N[C@@H]2C(=O)N3C(C(=O)O)=C(C[n+]4ccc(-c5ncno5)cc4)CS[C@@H]23)cs1. The maximum Gasteiger partial charge on any atom is 0.352 e. The van der Waals surface area contributed by atoms with E-state index >= 15 is 0 Å². The predicted molar refractivity (Wildman–Crippen MR) is 124 cm³/mol. The van der Waals surface area contributed by atoms with Crippen LogP contribution in [0, 0.1) is 0 Å². The van der Waals surface area contributed by atoms with Crippen LogP contribution >= 0.6 is 23.1 Å². The number of fused-ring (bicyclic) bond motifs is 1. The smallest absolute Gasteiger partial charge is 0.352 e. The van der Waals surface area contributed by atoms with Gasteiger partial charge in [0.05, 0.1) is 5.56 Å². The van der Waals surface area contributed by atoms with Crippen LogP contribution in [0.2, 0.25) is 0 Å². The van der Waals surface area contributed by atoms with E-state index in [1.165, 1.54) is 28.4 Å². The van der Waals surface area contributed by atoms with Crippen LogP contribution in [0.5, 0.6) is 0 Å². The molecular formula is C20H17N8O6S2+. The maximum atomic E-state index is 12.9. The Morgan fingerprint density at radius 1 is 1.36 bits per heavy atom. The molecule has 1 saturated heterocycles. The molecule has 3 aromatic rings. The van der Waals surface area contributed by atoms with Crippen molar-refractivity contribution in [2.45, 2.75) is 18.0 Å². The lowest BCUT2D eigenvalue weighted by molar-refractivity contribution is -0.689. The Morgan fingerprint density at radius 2 is 2.14 bits per heavy atom. The molecule has 2 atom stereocenters. The minimum Gasteiger partial charge on any atom is -0.477 e. The van der Waals surface area contributed by atoms with Crippen molar-refractivity contribution in [2.24, 2.45) is 5.16 Å². The highest BCUT2D eigenvalue weighted by molar-refractivity contribution is 8.00. The van der Waals surface area contributed by atoms with Gasteiger partial charge in [0, 0.05) is 28.8 Å². The van der Waals surface area contributed by atoms with E-state index in [4.69, 9.17) is 10.3 Å². The minimum atomic E-state index is -1.24. The van der Waals surface area contributed by atoms with E-state index in [1.807, 2.05) is 0 Å². The zero-order valence-corrected chi connectivity index (χ0v) is 19.8. The summed E-state index contributed by atoms with van der Waals surface area (Å²) in [7, 11) is 0. The van der Waals surface area contributed by atoms with Crippen molar-refractivity contribution in [2.75, 3.05) is 11.5 Å². The molecule has 5 rings (SSSR count). The van der Waals surface area contributed by atoms with Crippen LogP contribution in [0.4, 0.5) is 5.13 Å². The van der Waals surface area contributed by atoms with Crippen LogP contribution in [0.3, 0.4) is 0 Å². The molecule has 184 valence electrons. The lowest BCUT2D eigenvalue weighted by Crippen LogP contribution is -2.71. The monoisotopic (exact) mass is 529 g/mol. The topological polar surface area (TPSA) is 201 Å². The Hall–Kier alpha value is -4.31. The molecule has 2 aliphatic heterocycles. The molecule has 14 nitrogen and oxygen atoms in total. The van der Waals surface area contributed by atoms with Crippen molar-refractivity contribution in [3.05, 3.63) is 53.2 Å². The van der Waals surface area contributed by atoms with Gasteiger partial charge >= 0.3 is 5.97 Å². The second kappa shape index (κ2) is 9.38. The van der Waals surface area contributed by atoms with Crippen molar-refractivity contribution in [1.82, 2.24) is 25.3 Å². The first kappa shape index (κ1) is 23.4. The Labute approximate surface area is 210 Å². The highest BCUT2D eigenvalue weighted by atomic mass is 32.2. The van der Waals surface area contributed by atoms with Crippen LogP contribution in [0.15, 0.2) is 57.2 Å². The number of amides is 2. The van der Waals surface area contributed by atoms with Crippen molar-refractivity contribution in [3.63, 3.8) is 0 Å². The fourth-order valence-corrected chi connectivity index (χ4v) is 5.73. The van der Waals surface area contributed by atoms with Gasteiger partial charge in [-0.25, -0.2) is 14.3 Å². The summed E-state index contributed by atoms with van der Waals surface area (Å²) in [6.07, 6.45) is 4.78. The Kier molecular flexibility index (Phi) is 6.11. The van der Waals surface area contributed by atoms with Gasteiger partial charge in [0.2, 0.25) is 0 Å². The van der Waals surface area contributed by atoms with Gasteiger partial charge in [-0.05, 0) is 0 Å². The largest absolute Gasteiger partial charge is 0.477 e. The molecular weight excluding hydrogens is 512 g/mol. The number of nitrogens with two attached hydrogens (primary N) is 1. The number of rotatable bonds is 7. The summed E-state index contributed by atoms with van der Waals surface area (Å²) in [6.45, 7) is 0.235. The highest BCUT2D eigenvalue weighted by Crippen LogP contribution is 2.40. The average molecular weight is 530 g/mol. The first-order chi connectivity index (χ1) is 17.4. The molecule has 0 aliphatic carbocycles. The number of hydrogen-bond acceptors (Lipinski definition) is 12. The van der Waals surface area contributed by atoms with E-state index in [2.05, 4.69) is 25.6 Å². The van der Waals surface area contributed by atoms with Gasteiger partial charge in [0.15, 0.2) is 36.1 Å². The van der Waals surface area contributed by atoms with Crippen molar-refractivity contribution in [3.8, 4) is 11.5 Å². The van der Waals surface area contributed by atoms with E-state index in [9.17, 15) is 24.7 Å². The molecule has 0 saturated carbocycles. The third-order valence-corrected chi connectivity index (χ3v) is 7.50. The zero-order chi connectivity index (χ0) is 25.4. The number of aromatic nitrogens is 4. The van der Waals surface area contributed by atoms with E-state index in [0.717, 1.165) is 11.3 Å². The number of aliphatic carboxylic acids is 1. The van der Waals surface area contributed by atoms with E-state index in [1.54, 1.807) is 29.1 Å². The average Bonchev–Trinajstić information content (AvgIpc) is 3.55. The van der Waals surface area contributed by atoms with Crippen molar-refractivity contribution in [1.29, 1.82) is 0 Å². The molecule has 0 radical (unpaired) electrons. The summed E-state index contributed by atoms with van der Waals surface area (Å²) >= 11 is 2.38. The number of thioether (sulfide) groups is 1. The number of carbonyl (C=O) groups excluding carboxylic acids is 2. The summed E-state index contributed by atoms with van der Waals surface area (Å²) in [6, 6.07) is 2.51. The van der Waals surface area contributed by atoms with Crippen molar-refractivity contribution >= 4 is 51.7 Å². The normalized spacial score (nSPS) is 19.6. The van der Waals surface area contributed by atoms with Gasteiger partial charge in [-0.15, -0.1) is 23.1 Å². The first-order valence-corrected chi connectivity index (χ1v) is 12.2. The molecule has 0 aromatic carbocycles. The molecule has 0 spiro atoms. The van der Waals surface area contributed by atoms with E-state index < -0.39 is 34.9 Å². The number of carboxylic acids is 1. The molecule has 36 heavy (non-hydrogen) atoms. The molecule has 0 bridgehead atoms. The summed E-state index contributed by atoms with van der Waals surface area (Å²) in [4.78, 5) is 46.7. The lowest BCUT2D eigenvalue weighted by atomic mass is 10.0. The lowest BCUT2D eigenvalue weighted by Gasteiger charge is -2.49. The summed E-state index contributed by atoms with van der Waals surface area (Å²) in [5.41, 5.74) is 6.35. The number of β-lactam (4-membered cyclic amide) rings is 1. The van der Waals surface area contributed by atoms with Gasteiger partial charge < -0.3 is 25.9 Å². The standard InChI is InChI=1S/C20H16N8O6S2/c21-20-24-11(7-36-20)12(26-33)15(29)25-13-17(30)28-14(19(31)32)10(6-35-18(13)28)5-27-3-1-9(2-4-27)16-22-8-23-34-16/h1-4,7-8,13,18H,5-6H2,(H4-,21,24,25,29,31,32,33)/p+1/t13-,18+/m1/s1. The molecule has 5 N–H and O–H groups in total. The predicted octanol–water partition coefficient (Wildman–Crippen LogP) is -0.320. The fraction of sp³-hybridized carbons (Fsp3) is 0.200. The van der Waals surface area contributed by atoms with Crippen LogP contribution in [-0.4, -0.2) is 71.0 Å². The van der Waals surface area contributed by atoms with Crippen LogP contribution in [-0.2, 0) is 20.9 Å². The Bertz CT molecular complexity index is 1400. The number of carboxylic acid groups (broad SMARTS) is 1. The molecule has 1 fully saturated rings. The van der Waals surface area contributed by atoms with Crippen LogP contribution in [0.25, 0.3) is 11.5 Å². The van der Waals surface area contributed by atoms with Gasteiger partial charge in [-0.2, -0.15) is 4.98 Å². The molecule has 0 unspecified atom stereocenters. The molecule has 2 amide bonds. The van der Waals surface area contributed by atoms with Gasteiger partial charge in [-0.1, -0.05) is 10.3 Å². The van der Waals surface area contributed by atoms with Crippen molar-refractivity contribution < 1.29 is 33.8 Å². The molecule has 2 aliphatic rings. The maximum absolute atomic E-state index is 12.9. The van der Waals surface area contributed by atoms with Crippen LogP contribution in [0.1, 0.15) is 5.69 Å². The molecule has 16 heteroatoms. The van der Waals surface area contributed by atoms with E-state index in [-0.39, 0.29) is 23.1 Å². The summed E-state index contributed by atoms with van der Waals surface area (Å²) in [5, 5.41) is 29.2. The first-order valence-electron chi connectivity index (χ1n) is 10.3. The number of oxime groups is 1. The molecule has 5 heterocycles. The van der Waals surface area contributed by atoms with Crippen LogP contribution < -0.4 is 15.6 Å². The third kappa shape index (κ3) is 4.16. The second-order valence-electron chi connectivity index (χ2n) is 7.64. The highest BCUT2D eigenvalue weighted by Gasteiger charge is 2.54. The number of nitrogen functional groups attached to an aromatic ring is 1. The fourth-order valence-electron chi connectivity index (χ4n) is 3.85. The summed E-state index contributed by atoms with van der Waals surface area (Å²) in [5.74, 6) is -1.97. The quantitative estimate of drug-likeness (QED) is 0.103. The Balaban J connectivity index is 1.32. The van der Waals surface area contributed by atoms with Gasteiger partial charge in [0.1, 0.15) is 22.8 Å². The molecule has 3 aromatic heterocycles. The summed E-state index contributed by atoms with van der Waals surface area (Å²) < 4.78 is 6.79. The number of anilines is 1. The number of hydrogen-bond donors (Lipinski definition) is 4. The second-order valence-corrected chi connectivity index (χ2v) is 9.64. The zero-order valence-electron chi connectivity index (χ0n) is 18.1. The van der Waals surface area contributed by atoms with E-state index in [0.29, 0.717) is 22.8 Å². The number of thiazole rings is 1. The number of pyridine rings is 1. The Morgan fingerprint density at radius 3 is 2.75 bits per heavy atom. The minimum absolute atomic E-state index is 0.0629. The number of nitrogens with zero attached hydrogens (tertiary/aromatic N) is 6. The number of nitrogens with one attached hydrogen (secondary N) is 1. The number of carbonyl (C=O) groups is 3. The third-order valence-electron chi connectivity index (χ3n) is 5.49. The van der Waals surface area contributed by atoms with Gasteiger partial charge in [-0.3, -0.25) is 14.5 Å².